The van der Waals surface area contributed by atoms with Crippen LogP contribution in [0.25, 0.3) is 0 Å². The lowest BCUT2D eigenvalue weighted by Crippen LogP contribution is -2.33. The summed E-state index contributed by atoms with van der Waals surface area (Å²) in [7, 11) is 1.71. The third-order valence-electron chi connectivity index (χ3n) is 2.41. The van der Waals surface area contributed by atoms with E-state index in [1.54, 1.807) is 20.2 Å². The van der Waals surface area contributed by atoms with Crippen LogP contribution in [-0.2, 0) is 16.6 Å². The van der Waals surface area contributed by atoms with Crippen molar-refractivity contribution in [3.05, 3.63) is 24.0 Å². The molecule has 1 aromatic rings. The number of nitrogens with zero attached hydrogens (tertiary/aromatic N) is 3. The fourth-order valence-corrected chi connectivity index (χ4v) is 1.52. The van der Waals surface area contributed by atoms with Crippen molar-refractivity contribution < 1.29 is 19.4 Å². The first-order chi connectivity index (χ1) is 8.82. The fourth-order valence-electron chi connectivity index (χ4n) is 1.52. The average molecular weight is 267 g/mol. The van der Waals surface area contributed by atoms with E-state index >= 15 is 0 Å². The number of carboxylic acid groups (broad SMARTS) is 1. The molecular formula is C12H17N3O4. The zero-order chi connectivity index (χ0) is 14.6. The minimum Gasteiger partial charge on any atom is -0.465 e. The highest BCUT2D eigenvalue weighted by molar-refractivity contribution is 5.88. The van der Waals surface area contributed by atoms with Gasteiger partial charge in [0.2, 0.25) is 0 Å². The van der Waals surface area contributed by atoms with Gasteiger partial charge in [-0.3, -0.25) is 9.58 Å². The van der Waals surface area contributed by atoms with Crippen LogP contribution in [0.1, 0.15) is 12.6 Å². The highest BCUT2D eigenvalue weighted by Gasteiger charge is 2.19. The summed E-state index contributed by atoms with van der Waals surface area (Å²) in [6.45, 7) is 6.70. The zero-order valence-electron chi connectivity index (χ0n) is 11.2. The Morgan fingerprint density at radius 2 is 2.21 bits per heavy atom. The Hall–Kier alpha value is -2.31. The van der Waals surface area contributed by atoms with Gasteiger partial charge in [0.1, 0.15) is 6.61 Å². The highest BCUT2D eigenvalue weighted by Crippen LogP contribution is 2.18. The SMILES string of the molecule is C=C(C)C(=O)OCCN(C(=O)O)c1cn(C)nc1C. The van der Waals surface area contributed by atoms with Crippen molar-refractivity contribution in [3.8, 4) is 0 Å². The Kier molecular flexibility index (Phi) is 4.68. The van der Waals surface area contributed by atoms with Crippen LogP contribution in [0.4, 0.5) is 10.5 Å². The number of aryl methyl sites for hydroxylation is 2. The quantitative estimate of drug-likeness (QED) is 0.642. The highest BCUT2D eigenvalue weighted by atomic mass is 16.5. The molecule has 19 heavy (non-hydrogen) atoms. The van der Waals surface area contributed by atoms with Crippen molar-refractivity contribution in [1.82, 2.24) is 9.78 Å². The maximum atomic E-state index is 11.2. The first kappa shape index (κ1) is 14.7. The summed E-state index contributed by atoms with van der Waals surface area (Å²) in [6, 6.07) is 0. The van der Waals surface area contributed by atoms with Crippen LogP contribution in [-0.4, -0.2) is 40.1 Å². The van der Waals surface area contributed by atoms with E-state index in [0.29, 0.717) is 11.4 Å². The fraction of sp³-hybridized carbons (Fsp3) is 0.417. The third-order valence-corrected chi connectivity index (χ3v) is 2.41. The summed E-state index contributed by atoms with van der Waals surface area (Å²) in [5.41, 5.74) is 1.34. The molecular weight excluding hydrogens is 250 g/mol. The molecule has 1 aromatic heterocycles. The summed E-state index contributed by atoms with van der Waals surface area (Å²) in [4.78, 5) is 23.5. The van der Waals surface area contributed by atoms with Crippen molar-refractivity contribution in [2.24, 2.45) is 7.05 Å². The number of amides is 1. The van der Waals surface area contributed by atoms with Crippen LogP contribution in [0.15, 0.2) is 18.3 Å². The van der Waals surface area contributed by atoms with E-state index in [2.05, 4.69) is 11.7 Å². The molecule has 0 aliphatic rings. The number of hydrogen-bond acceptors (Lipinski definition) is 4. The van der Waals surface area contributed by atoms with Gasteiger partial charge >= 0.3 is 12.1 Å². The number of hydrogen-bond donors (Lipinski definition) is 1. The molecule has 7 nitrogen and oxygen atoms in total. The maximum Gasteiger partial charge on any atom is 0.412 e. The molecule has 1 amide bonds. The number of ether oxygens (including phenoxy) is 1. The molecule has 0 aliphatic heterocycles. The number of carbonyl (C=O) groups is 2. The van der Waals surface area contributed by atoms with Crippen molar-refractivity contribution in [1.29, 1.82) is 0 Å². The number of aromatic nitrogens is 2. The zero-order valence-corrected chi connectivity index (χ0v) is 11.2. The first-order valence-corrected chi connectivity index (χ1v) is 5.66. The Bertz CT molecular complexity index is 507. The molecule has 0 atom stereocenters. The number of esters is 1. The number of anilines is 1. The van der Waals surface area contributed by atoms with Crippen LogP contribution >= 0.6 is 0 Å². The number of rotatable bonds is 5. The second-order valence-electron chi connectivity index (χ2n) is 4.12. The number of carbonyl (C=O) groups excluding carboxylic acids is 1. The Morgan fingerprint density at radius 3 is 2.63 bits per heavy atom. The topological polar surface area (TPSA) is 84.7 Å². The monoisotopic (exact) mass is 267 g/mol. The van der Waals surface area contributed by atoms with E-state index in [9.17, 15) is 9.59 Å². The largest absolute Gasteiger partial charge is 0.465 e. The summed E-state index contributed by atoms with van der Waals surface area (Å²) in [6.07, 6.45) is 0.479. The van der Waals surface area contributed by atoms with Gasteiger partial charge in [-0.1, -0.05) is 6.58 Å². The second kappa shape index (κ2) is 6.03. The Balaban J connectivity index is 2.70. The van der Waals surface area contributed by atoms with Gasteiger partial charge in [0.25, 0.3) is 0 Å². The lowest BCUT2D eigenvalue weighted by molar-refractivity contribution is -0.138. The third kappa shape index (κ3) is 3.84. The summed E-state index contributed by atoms with van der Waals surface area (Å²) in [5, 5.41) is 13.2. The first-order valence-electron chi connectivity index (χ1n) is 5.66. The minimum absolute atomic E-state index is 0.0354. The van der Waals surface area contributed by atoms with E-state index in [0.717, 1.165) is 4.90 Å². The summed E-state index contributed by atoms with van der Waals surface area (Å²) >= 11 is 0. The predicted molar refractivity (Wildman–Crippen MR) is 69.1 cm³/mol. The molecule has 0 saturated carbocycles. The van der Waals surface area contributed by atoms with Crippen LogP contribution in [0.5, 0.6) is 0 Å². The van der Waals surface area contributed by atoms with Gasteiger partial charge in [-0.25, -0.2) is 9.59 Å². The van der Waals surface area contributed by atoms with Crippen molar-refractivity contribution >= 4 is 17.7 Å². The molecule has 0 bridgehead atoms. The molecule has 104 valence electrons. The molecule has 0 aromatic carbocycles. The van der Waals surface area contributed by atoms with Gasteiger partial charge in [-0.2, -0.15) is 5.10 Å². The van der Waals surface area contributed by atoms with Crippen LogP contribution < -0.4 is 4.90 Å². The van der Waals surface area contributed by atoms with E-state index < -0.39 is 12.1 Å². The minimum atomic E-state index is -1.12. The molecule has 0 fully saturated rings. The van der Waals surface area contributed by atoms with Crippen molar-refractivity contribution in [2.75, 3.05) is 18.1 Å². The molecule has 1 N–H and O–H groups in total. The molecule has 0 unspecified atom stereocenters. The molecule has 0 aliphatic carbocycles. The molecule has 7 heteroatoms. The summed E-state index contributed by atoms with van der Waals surface area (Å²) in [5.74, 6) is -0.534. The van der Waals surface area contributed by atoms with Crippen LogP contribution in [0.2, 0.25) is 0 Å². The van der Waals surface area contributed by atoms with E-state index in [4.69, 9.17) is 9.84 Å². The van der Waals surface area contributed by atoms with Gasteiger partial charge in [0, 0.05) is 18.8 Å². The second-order valence-corrected chi connectivity index (χ2v) is 4.12. The lowest BCUT2D eigenvalue weighted by Gasteiger charge is -2.18. The van der Waals surface area contributed by atoms with E-state index in [1.807, 2.05) is 0 Å². The Morgan fingerprint density at radius 1 is 1.58 bits per heavy atom. The van der Waals surface area contributed by atoms with Gasteiger partial charge in [-0.15, -0.1) is 0 Å². The molecule has 0 radical (unpaired) electrons. The molecule has 1 heterocycles. The maximum absolute atomic E-state index is 11.2. The van der Waals surface area contributed by atoms with Gasteiger partial charge in [-0.05, 0) is 13.8 Å². The van der Waals surface area contributed by atoms with Gasteiger partial charge in [0.05, 0.1) is 17.9 Å². The lowest BCUT2D eigenvalue weighted by atomic mass is 10.3. The van der Waals surface area contributed by atoms with Gasteiger partial charge in [0.15, 0.2) is 0 Å². The van der Waals surface area contributed by atoms with Gasteiger partial charge < -0.3 is 9.84 Å². The smallest absolute Gasteiger partial charge is 0.412 e. The molecule has 0 spiro atoms. The normalized spacial score (nSPS) is 10.1. The molecule has 0 saturated heterocycles. The standard InChI is InChI=1S/C12H17N3O4/c1-8(2)11(16)19-6-5-15(12(17)18)10-7-14(4)13-9(10)3/h7H,1,5-6H2,2-4H3,(H,17,18). The van der Waals surface area contributed by atoms with Crippen molar-refractivity contribution in [3.63, 3.8) is 0 Å². The Labute approximate surface area is 111 Å². The van der Waals surface area contributed by atoms with E-state index in [1.165, 1.54) is 11.6 Å². The molecule has 1 rings (SSSR count). The summed E-state index contributed by atoms with van der Waals surface area (Å²) < 4.78 is 6.41. The van der Waals surface area contributed by atoms with Crippen LogP contribution in [0, 0.1) is 6.92 Å². The van der Waals surface area contributed by atoms with E-state index in [-0.39, 0.29) is 18.7 Å². The average Bonchev–Trinajstić information content (AvgIpc) is 2.62. The van der Waals surface area contributed by atoms with Crippen LogP contribution in [0.3, 0.4) is 0 Å². The van der Waals surface area contributed by atoms with Crippen molar-refractivity contribution in [2.45, 2.75) is 13.8 Å². The predicted octanol–water partition coefficient (Wildman–Crippen LogP) is 1.33.